The Morgan fingerprint density at radius 3 is 1.03 bits per heavy atom. The van der Waals surface area contributed by atoms with Crippen LogP contribution in [0.25, 0.3) is 0 Å². The molecule has 2 radical (unpaired) electrons. The van der Waals surface area contributed by atoms with E-state index in [1.807, 2.05) is 58.4 Å². The first-order chi connectivity index (χ1) is 15.7. The average molecular weight is 495 g/mol. The Bertz CT molecular complexity index is 896. The van der Waals surface area contributed by atoms with E-state index in [1.54, 1.807) is 0 Å². The SMILES string of the molecule is C[C-]=C(C)C(C)=[C-]C.[CH]1C=CC=C1.[Co+2].c1ccc(P(c2ccccc2)c2ccccc2)cc1. The number of hydrogen-bond acceptors (Lipinski definition) is 0. The molecule has 0 amide bonds. The van der Waals surface area contributed by atoms with Gasteiger partial charge in [-0.15, -0.1) is 27.7 Å². The molecule has 0 fully saturated rings. The fraction of sp³-hybridized carbons (Fsp3) is 0.129. The largest absolute Gasteiger partial charge is 2.00 e. The Morgan fingerprint density at radius 1 is 0.515 bits per heavy atom. The minimum atomic E-state index is -0.446. The molecule has 3 aromatic rings. The molecule has 0 aliphatic heterocycles. The van der Waals surface area contributed by atoms with Gasteiger partial charge in [-0.25, -0.2) is 0 Å². The standard InChI is InChI=1S/C18H15P.C8H12.C5H5.Co/c1-4-10-16(11-5-1)19(17-12-6-2-7-13-17)18-14-8-3-9-15-18;1-5-7(3)8(4)6-2;1-2-4-5-3-1;/h1-15H;1-4H3;1-5H;/q;-2;;+2. The first-order valence-corrected chi connectivity index (χ1v) is 12.2. The molecule has 0 nitrogen and oxygen atoms in total. The van der Waals surface area contributed by atoms with Crippen LogP contribution >= 0.6 is 7.92 Å². The molecule has 0 bridgehead atoms. The van der Waals surface area contributed by atoms with Gasteiger partial charge in [-0.2, -0.15) is 0 Å². The summed E-state index contributed by atoms with van der Waals surface area (Å²) in [4.78, 5) is 0. The summed E-state index contributed by atoms with van der Waals surface area (Å²) in [5, 5.41) is 4.19. The molecule has 3 aromatic carbocycles. The van der Waals surface area contributed by atoms with Crippen molar-refractivity contribution in [3.05, 3.63) is 145 Å². The Hall–Kier alpha value is -2.44. The molecule has 0 atom stereocenters. The van der Waals surface area contributed by atoms with E-state index in [-0.39, 0.29) is 16.8 Å². The van der Waals surface area contributed by atoms with E-state index in [2.05, 4.69) is 103 Å². The number of benzene rings is 3. The molecule has 0 spiro atoms. The zero-order chi connectivity index (χ0) is 23.0. The summed E-state index contributed by atoms with van der Waals surface area (Å²) in [6, 6.07) is 32.3. The molecule has 33 heavy (non-hydrogen) atoms. The smallest absolute Gasteiger partial charge is 0.376 e. The number of rotatable bonds is 4. The van der Waals surface area contributed by atoms with Crippen LogP contribution in [0.15, 0.2) is 126 Å². The molecule has 1 aliphatic rings. The first kappa shape index (κ1) is 28.6. The van der Waals surface area contributed by atoms with E-state index in [0.29, 0.717) is 0 Å². The van der Waals surface area contributed by atoms with Crippen LogP contribution in [0.2, 0.25) is 0 Å². The van der Waals surface area contributed by atoms with Crippen LogP contribution in [0.1, 0.15) is 27.7 Å². The molecule has 0 unspecified atom stereocenters. The van der Waals surface area contributed by atoms with Crippen LogP contribution in [-0.2, 0) is 16.8 Å². The quantitative estimate of drug-likeness (QED) is 0.203. The van der Waals surface area contributed by atoms with Crippen LogP contribution in [0, 0.1) is 18.6 Å². The van der Waals surface area contributed by atoms with E-state index in [9.17, 15) is 0 Å². The van der Waals surface area contributed by atoms with Gasteiger partial charge in [0.2, 0.25) is 0 Å². The zero-order valence-corrected chi connectivity index (χ0v) is 21.8. The van der Waals surface area contributed by atoms with Crippen LogP contribution in [-0.4, -0.2) is 0 Å². The van der Waals surface area contributed by atoms with Gasteiger partial charge in [-0.1, -0.05) is 115 Å². The molecule has 0 saturated heterocycles. The molecule has 4 rings (SSSR count). The van der Waals surface area contributed by atoms with Gasteiger partial charge >= 0.3 is 16.8 Å². The van der Waals surface area contributed by atoms with Gasteiger partial charge < -0.3 is 23.3 Å². The maximum absolute atomic E-state index is 3.03. The van der Waals surface area contributed by atoms with Gasteiger partial charge in [0.25, 0.3) is 0 Å². The van der Waals surface area contributed by atoms with Gasteiger partial charge in [0, 0.05) is 6.42 Å². The Morgan fingerprint density at radius 2 is 0.818 bits per heavy atom. The maximum atomic E-state index is 3.03. The van der Waals surface area contributed by atoms with Crippen molar-refractivity contribution in [2.24, 2.45) is 0 Å². The minimum absolute atomic E-state index is 0. The average Bonchev–Trinajstić information content (AvgIpc) is 3.46. The van der Waals surface area contributed by atoms with E-state index in [0.717, 1.165) is 0 Å². The van der Waals surface area contributed by atoms with E-state index in [1.165, 1.54) is 27.1 Å². The number of hydrogen-bond donors (Lipinski definition) is 0. The van der Waals surface area contributed by atoms with Gasteiger partial charge in [-0.05, 0) is 23.8 Å². The summed E-state index contributed by atoms with van der Waals surface area (Å²) in [6.45, 7) is 7.89. The van der Waals surface area contributed by atoms with Crippen molar-refractivity contribution >= 4 is 23.8 Å². The minimum Gasteiger partial charge on any atom is -0.376 e. The van der Waals surface area contributed by atoms with Gasteiger partial charge in [0.15, 0.2) is 0 Å². The summed E-state index contributed by atoms with van der Waals surface area (Å²) in [7, 11) is -0.446. The van der Waals surface area contributed by atoms with Crippen LogP contribution in [0.4, 0.5) is 0 Å². The van der Waals surface area contributed by atoms with Crippen molar-refractivity contribution in [3.8, 4) is 0 Å². The summed E-state index contributed by atoms with van der Waals surface area (Å²) >= 11 is 0. The molecular weight excluding hydrogens is 462 g/mol. The molecule has 0 aromatic heterocycles. The third kappa shape index (κ3) is 10.4. The van der Waals surface area contributed by atoms with Crippen molar-refractivity contribution in [3.63, 3.8) is 0 Å². The number of allylic oxidation sites excluding steroid dienone is 8. The van der Waals surface area contributed by atoms with E-state index in [4.69, 9.17) is 0 Å². The monoisotopic (exact) mass is 494 g/mol. The predicted molar refractivity (Wildman–Crippen MR) is 144 cm³/mol. The topological polar surface area (TPSA) is 0 Å². The molecule has 170 valence electrons. The normalized spacial score (nSPS) is 12.3. The van der Waals surface area contributed by atoms with Crippen molar-refractivity contribution < 1.29 is 16.8 Å². The third-order valence-corrected chi connectivity index (χ3v) is 7.35. The van der Waals surface area contributed by atoms with Gasteiger partial charge in [0.05, 0.1) is 0 Å². The fourth-order valence-electron chi connectivity index (χ4n) is 2.87. The van der Waals surface area contributed by atoms with Crippen LogP contribution < -0.4 is 15.9 Å². The Labute approximate surface area is 212 Å². The Balaban J connectivity index is 0.000000323. The zero-order valence-electron chi connectivity index (χ0n) is 19.8. The van der Waals surface area contributed by atoms with Crippen molar-refractivity contribution in [2.75, 3.05) is 0 Å². The van der Waals surface area contributed by atoms with Gasteiger partial charge in [0.1, 0.15) is 0 Å². The van der Waals surface area contributed by atoms with Crippen molar-refractivity contribution in [1.29, 1.82) is 0 Å². The van der Waals surface area contributed by atoms with E-state index >= 15 is 0 Å². The molecular formula is C31H32CoP. The first-order valence-electron chi connectivity index (χ1n) is 10.8. The summed E-state index contributed by atoms with van der Waals surface area (Å²) in [5.74, 6) is 0. The van der Waals surface area contributed by atoms with Crippen LogP contribution in [0.3, 0.4) is 0 Å². The van der Waals surface area contributed by atoms with Crippen molar-refractivity contribution in [1.82, 2.24) is 0 Å². The summed E-state index contributed by atoms with van der Waals surface area (Å²) in [5.41, 5.74) is 2.38. The van der Waals surface area contributed by atoms with Crippen molar-refractivity contribution in [2.45, 2.75) is 27.7 Å². The fourth-order valence-corrected chi connectivity index (χ4v) is 5.18. The molecule has 0 heterocycles. The predicted octanol–water partition coefficient (Wildman–Crippen LogP) is 7.28. The molecule has 1 aliphatic carbocycles. The van der Waals surface area contributed by atoms with Gasteiger partial charge in [-0.3, -0.25) is 0 Å². The Kier molecular flexibility index (Phi) is 14.8. The third-order valence-electron chi connectivity index (χ3n) is 4.91. The molecule has 0 N–H and O–H groups in total. The van der Waals surface area contributed by atoms with Crippen LogP contribution in [0.5, 0.6) is 0 Å². The molecule has 2 heteroatoms. The summed E-state index contributed by atoms with van der Waals surface area (Å²) in [6.07, 6.45) is 16.1. The summed E-state index contributed by atoms with van der Waals surface area (Å²) < 4.78 is 0. The molecule has 0 saturated carbocycles. The maximum Gasteiger partial charge on any atom is 2.00 e. The second kappa shape index (κ2) is 17.1. The second-order valence-electron chi connectivity index (χ2n) is 7.05. The second-order valence-corrected chi connectivity index (χ2v) is 9.27. The van der Waals surface area contributed by atoms with E-state index < -0.39 is 7.92 Å².